The molecule has 3 rings (SSSR count). The highest BCUT2D eigenvalue weighted by atomic mass is 32.2. The molecule has 1 fully saturated rings. The first-order valence-corrected chi connectivity index (χ1v) is 13.2. The van der Waals surface area contributed by atoms with E-state index >= 15 is 0 Å². The molecule has 0 bridgehead atoms. The van der Waals surface area contributed by atoms with Crippen molar-refractivity contribution < 1.29 is 4.79 Å². The van der Waals surface area contributed by atoms with Gasteiger partial charge < -0.3 is 15.5 Å². The van der Waals surface area contributed by atoms with Crippen LogP contribution in [0.5, 0.6) is 0 Å². The van der Waals surface area contributed by atoms with Gasteiger partial charge in [0.1, 0.15) is 22.7 Å². The van der Waals surface area contributed by atoms with Gasteiger partial charge >= 0.3 is 0 Å². The smallest absolute Gasteiger partial charge is 0.232 e. The van der Waals surface area contributed by atoms with Crippen molar-refractivity contribution in [2.24, 2.45) is 5.73 Å². The van der Waals surface area contributed by atoms with Gasteiger partial charge in [0.15, 0.2) is 0 Å². The summed E-state index contributed by atoms with van der Waals surface area (Å²) in [7, 11) is 2.12. The van der Waals surface area contributed by atoms with Gasteiger partial charge in [0.25, 0.3) is 0 Å². The maximum Gasteiger partial charge on any atom is 0.232 e. The highest BCUT2D eigenvalue weighted by Gasteiger charge is 2.24. The Morgan fingerprint density at radius 2 is 1.94 bits per heavy atom. The van der Waals surface area contributed by atoms with Gasteiger partial charge in [0, 0.05) is 38.2 Å². The molecule has 0 radical (unpaired) electrons. The first-order valence-electron chi connectivity index (χ1n) is 12.2. The van der Waals surface area contributed by atoms with E-state index in [1.54, 1.807) is 11.8 Å². The zero-order chi connectivity index (χ0) is 25.2. The first kappa shape index (κ1) is 26.7. The van der Waals surface area contributed by atoms with Crippen molar-refractivity contribution >= 4 is 29.1 Å². The zero-order valence-corrected chi connectivity index (χ0v) is 21.5. The van der Waals surface area contributed by atoms with Crippen LogP contribution in [0.2, 0.25) is 0 Å². The SMILES string of the molecule is [C-]#[N+]c1c(N2CCCN(C)CC2)nc(SCc2ccc(CCC(=O)CCN)cc2)c(C#N)c1CC. The van der Waals surface area contributed by atoms with Crippen LogP contribution in [0.15, 0.2) is 29.3 Å². The lowest BCUT2D eigenvalue weighted by molar-refractivity contribution is -0.118. The van der Waals surface area contributed by atoms with Crippen LogP contribution in [-0.4, -0.2) is 55.4 Å². The van der Waals surface area contributed by atoms with Crippen LogP contribution in [0.1, 0.15) is 48.4 Å². The quantitative estimate of drug-likeness (QED) is 0.391. The van der Waals surface area contributed by atoms with Gasteiger partial charge in [-0.25, -0.2) is 9.83 Å². The summed E-state index contributed by atoms with van der Waals surface area (Å²) in [5.74, 6) is 1.59. The number of carbonyl (C=O) groups excluding carboxylic acids is 1. The van der Waals surface area contributed by atoms with E-state index in [9.17, 15) is 10.1 Å². The fourth-order valence-corrected chi connectivity index (χ4v) is 5.23. The highest BCUT2D eigenvalue weighted by molar-refractivity contribution is 7.98. The second kappa shape index (κ2) is 13.3. The molecule has 1 aromatic heterocycles. The lowest BCUT2D eigenvalue weighted by atomic mass is 10.0. The average molecular weight is 491 g/mol. The molecule has 35 heavy (non-hydrogen) atoms. The van der Waals surface area contributed by atoms with Crippen LogP contribution in [0.3, 0.4) is 0 Å². The number of hydrogen-bond acceptors (Lipinski definition) is 7. The number of hydrogen-bond donors (Lipinski definition) is 1. The minimum absolute atomic E-state index is 0.198. The predicted octanol–water partition coefficient (Wildman–Crippen LogP) is 4.35. The number of nitrogens with two attached hydrogens (primary N) is 1. The van der Waals surface area contributed by atoms with Crippen molar-refractivity contribution in [3.63, 3.8) is 0 Å². The Morgan fingerprint density at radius 1 is 1.20 bits per heavy atom. The summed E-state index contributed by atoms with van der Waals surface area (Å²) in [5.41, 5.74) is 9.55. The van der Waals surface area contributed by atoms with Crippen LogP contribution < -0.4 is 10.6 Å². The van der Waals surface area contributed by atoms with Crippen LogP contribution in [-0.2, 0) is 23.4 Å². The number of thioether (sulfide) groups is 1. The number of aromatic nitrogens is 1. The molecule has 184 valence electrons. The molecular formula is C27H34N6OS. The van der Waals surface area contributed by atoms with Crippen LogP contribution in [0.25, 0.3) is 4.85 Å². The Hall–Kier alpha value is -2.91. The third-order valence-corrected chi connectivity index (χ3v) is 7.38. The summed E-state index contributed by atoms with van der Waals surface area (Å²) in [4.78, 5) is 25.0. The van der Waals surface area contributed by atoms with E-state index in [-0.39, 0.29) is 5.78 Å². The molecule has 1 aliphatic rings. The lowest BCUT2D eigenvalue weighted by Crippen LogP contribution is -2.29. The molecular weight excluding hydrogens is 456 g/mol. The topological polar surface area (TPSA) is 90.6 Å². The number of rotatable bonds is 10. The maximum absolute atomic E-state index is 11.7. The molecule has 1 saturated heterocycles. The average Bonchev–Trinajstić information content (AvgIpc) is 3.10. The third kappa shape index (κ3) is 7.05. The van der Waals surface area contributed by atoms with Gasteiger partial charge in [0.2, 0.25) is 5.69 Å². The molecule has 1 aliphatic heterocycles. The number of aryl methyl sites for hydroxylation is 1. The normalized spacial score (nSPS) is 14.3. The molecule has 0 unspecified atom stereocenters. The van der Waals surface area contributed by atoms with Crippen molar-refractivity contribution in [2.45, 2.75) is 49.8 Å². The second-order valence-corrected chi connectivity index (χ2v) is 9.81. The molecule has 0 aliphatic carbocycles. The van der Waals surface area contributed by atoms with Gasteiger partial charge in [0.05, 0.1) is 12.1 Å². The minimum atomic E-state index is 0.198. The summed E-state index contributed by atoms with van der Waals surface area (Å²) >= 11 is 1.55. The number of benzene rings is 1. The summed E-state index contributed by atoms with van der Waals surface area (Å²) in [6.07, 6.45) is 3.31. The Labute approximate surface area is 213 Å². The van der Waals surface area contributed by atoms with Gasteiger partial charge in [-0.1, -0.05) is 31.2 Å². The van der Waals surface area contributed by atoms with Gasteiger partial charge in [-0.15, -0.1) is 11.8 Å². The predicted molar refractivity (Wildman–Crippen MR) is 142 cm³/mol. The Balaban J connectivity index is 1.80. The summed E-state index contributed by atoms with van der Waals surface area (Å²) in [6, 6.07) is 10.6. The van der Waals surface area contributed by atoms with E-state index in [4.69, 9.17) is 17.3 Å². The number of nitrogens with zero attached hydrogens (tertiary/aromatic N) is 5. The van der Waals surface area contributed by atoms with E-state index < -0.39 is 0 Å². The van der Waals surface area contributed by atoms with Crippen molar-refractivity contribution in [3.8, 4) is 6.07 Å². The largest absolute Gasteiger partial charge is 0.364 e. The van der Waals surface area contributed by atoms with Crippen LogP contribution in [0.4, 0.5) is 11.5 Å². The molecule has 0 saturated carbocycles. The zero-order valence-electron chi connectivity index (χ0n) is 20.7. The van der Waals surface area contributed by atoms with E-state index in [1.165, 1.54) is 0 Å². The third-order valence-electron chi connectivity index (χ3n) is 6.33. The van der Waals surface area contributed by atoms with Gasteiger partial charge in [-0.05, 0) is 56.1 Å². The number of anilines is 1. The Kier molecular flexibility index (Phi) is 10.1. The minimum Gasteiger partial charge on any atom is -0.364 e. The number of pyridine rings is 1. The van der Waals surface area contributed by atoms with E-state index in [0.717, 1.165) is 55.7 Å². The molecule has 0 spiro atoms. The number of Topliss-reactive ketones (excluding diaryl/α,β-unsaturated/α-hetero) is 1. The van der Waals surface area contributed by atoms with Crippen LogP contribution >= 0.6 is 11.8 Å². The van der Waals surface area contributed by atoms with Crippen molar-refractivity contribution in [3.05, 3.63) is 57.9 Å². The van der Waals surface area contributed by atoms with E-state index in [1.807, 2.05) is 6.92 Å². The van der Waals surface area contributed by atoms with Gasteiger partial charge in [-0.3, -0.25) is 4.79 Å². The van der Waals surface area contributed by atoms with E-state index in [0.29, 0.717) is 53.7 Å². The Bertz CT molecular complexity index is 1100. The highest BCUT2D eigenvalue weighted by Crippen LogP contribution is 2.39. The number of ketones is 1. The summed E-state index contributed by atoms with van der Waals surface area (Å²) < 4.78 is 0. The fraction of sp³-hybridized carbons (Fsp3) is 0.481. The van der Waals surface area contributed by atoms with E-state index in [2.05, 4.69) is 52.0 Å². The van der Waals surface area contributed by atoms with Crippen LogP contribution in [0, 0.1) is 17.9 Å². The lowest BCUT2D eigenvalue weighted by Gasteiger charge is -2.25. The molecule has 0 atom stereocenters. The molecule has 2 heterocycles. The summed E-state index contributed by atoms with van der Waals surface area (Å²) in [6.45, 7) is 13.9. The summed E-state index contributed by atoms with van der Waals surface area (Å²) in [5, 5.41) is 10.6. The van der Waals surface area contributed by atoms with Crippen molar-refractivity contribution in [1.82, 2.24) is 9.88 Å². The van der Waals surface area contributed by atoms with Crippen molar-refractivity contribution in [1.29, 1.82) is 5.26 Å². The molecule has 8 heteroatoms. The molecule has 0 amide bonds. The monoisotopic (exact) mass is 490 g/mol. The molecule has 7 nitrogen and oxygen atoms in total. The van der Waals surface area contributed by atoms with Crippen molar-refractivity contribution in [2.75, 3.05) is 44.7 Å². The number of likely N-dealkylation sites (N-methyl/N-ethyl adjacent to an activating group) is 1. The first-order chi connectivity index (χ1) is 17.0. The number of nitriles is 1. The molecule has 1 aromatic carbocycles. The molecule has 2 aromatic rings. The number of carbonyl (C=O) groups is 1. The molecule has 2 N–H and O–H groups in total. The maximum atomic E-state index is 11.7. The standard InChI is InChI=1S/C27H34N6OS/c1-4-23-24(18-29)27(31-26(25(23)30-2)33-15-5-14-32(3)16-17-33)35-19-21-8-6-20(7-9-21)10-11-22(34)12-13-28/h6-9H,4-5,10-17,19,28H2,1,3H3. The fourth-order valence-electron chi connectivity index (χ4n) is 4.27. The Morgan fingerprint density at radius 3 is 2.60 bits per heavy atom. The van der Waals surface area contributed by atoms with Gasteiger partial charge in [-0.2, -0.15) is 5.26 Å². The second-order valence-electron chi connectivity index (χ2n) is 8.85.